The van der Waals surface area contributed by atoms with Crippen LogP contribution in [0.15, 0.2) is 23.0 Å². The van der Waals surface area contributed by atoms with E-state index in [1.54, 1.807) is 18.9 Å². The topological polar surface area (TPSA) is 66.8 Å². The molecule has 1 aliphatic rings. The van der Waals surface area contributed by atoms with E-state index in [1.165, 1.54) is 13.3 Å². The number of carboxylic acid groups (broad SMARTS) is 1. The molecule has 5 heteroatoms. The zero-order chi connectivity index (χ0) is 11.6. The molecule has 15 heavy (non-hydrogen) atoms. The average Bonchev–Trinajstić information content (AvgIpc) is 2.20. The van der Waals surface area contributed by atoms with Gasteiger partial charge in [-0.3, -0.25) is 0 Å². The van der Waals surface area contributed by atoms with Crippen LogP contribution in [0.2, 0.25) is 0 Å². The van der Waals surface area contributed by atoms with Gasteiger partial charge in [0.1, 0.15) is 0 Å². The highest BCUT2D eigenvalue weighted by Crippen LogP contribution is 2.24. The van der Waals surface area contributed by atoms with Gasteiger partial charge < -0.3 is 14.7 Å². The summed E-state index contributed by atoms with van der Waals surface area (Å²) in [4.78, 5) is 23.8. The van der Waals surface area contributed by atoms with E-state index in [9.17, 15) is 9.59 Å². The molecule has 0 radical (unpaired) electrons. The summed E-state index contributed by atoms with van der Waals surface area (Å²) in [6.45, 7) is 1.75. The van der Waals surface area contributed by atoms with Crippen molar-refractivity contribution in [2.75, 3.05) is 14.2 Å². The van der Waals surface area contributed by atoms with Crippen molar-refractivity contribution in [2.24, 2.45) is 0 Å². The monoisotopic (exact) mass is 211 g/mol. The Morgan fingerprint density at radius 1 is 1.53 bits per heavy atom. The predicted molar refractivity (Wildman–Crippen MR) is 52.8 cm³/mol. The van der Waals surface area contributed by atoms with Crippen LogP contribution in [0.3, 0.4) is 0 Å². The second kappa shape index (κ2) is 4.16. The molecule has 0 amide bonds. The number of methoxy groups -OCH3 is 1. The predicted octanol–water partition coefficient (Wildman–Crippen LogP) is 0.737. The maximum absolute atomic E-state index is 11.4. The lowest BCUT2D eigenvalue weighted by molar-refractivity contribution is -0.136. The molecule has 0 aromatic heterocycles. The molecule has 0 bridgehead atoms. The molecule has 1 N–H and O–H groups in total. The molecule has 82 valence electrons. The van der Waals surface area contributed by atoms with Crippen molar-refractivity contribution < 1.29 is 19.4 Å². The van der Waals surface area contributed by atoms with E-state index in [0.717, 1.165) is 0 Å². The Morgan fingerprint density at radius 3 is 2.60 bits per heavy atom. The van der Waals surface area contributed by atoms with Crippen molar-refractivity contribution >= 4 is 11.9 Å². The van der Waals surface area contributed by atoms with Gasteiger partial charge >= 0.3 is 11.9 Å². The van der Waals surface area contributed by atoms with Crippen molar-refractivity contribution in [1.29, 1.82) is 0 Å². The maximum Gasteiger partial charge on any atom is 0.335 e. The SMILES string of the molecule is COC(=O)C1=C(C)N(C)C=C(C(=O)O)C1. The quantitative estimate of drug-likeness (QED) is 0.682. The number of carbonyl (C=O) groups excluding carboxylic acids is 1. The van der Waals surface area contributed by atoms with Gasteiger partial charge in [0, 0.05) is 25.4 Å². The molecule has 0 saturated carbocycles. The second-order valence-electron chi connectivity index (χ2n) is 3.30. The smallest absolute Gasteiger partial charge is 0.335 e. The van der Waals surface area contributed by atoms with Gasteiger partial charge in [0.2, 0.25) is 0 Å². The molecular formula is C10H13NO4. The van der Waals surface area contributed by atoms with Crippen LogP contribution in [0.5, 0.6) is 0 Å². The molecule has 0 saturated heterocycles. The van der Waals surface area contributed by atoms with E-state index >= 15 is 0 Å². The number of hydrogen-bond acceptors (Lipinski definition) is 4. The Hall–Kier alpha value is -1.78. The standard InChI is InChI=1S/C10H13NO4/c1-6-8(10(14)15-3)4-7(9(12)13)5-11(6)2/h5H,4H2,1-3H3,(H,12,13). The molecule has 0 aliphatic carbocycles. The number of rotatable bonds is 2. The highest BCUT2D eigenvalue weighted by atomic mass is 16.5. The number of esters is 1. The summed E-state index contributed by atoms with van der Waals surface area (Å²) in [6, 6.07) is 0. The number of hydrogen-bond donors (Lipinski definition) is 1. The van der Waals surface area contributed by atoms with Crippen LogP contribution in [-0.4, -0.2) is 36.1 Å². The fraction of sp³-hybridized carbons (Fsp3) is 0.400. The van der Waals surface area contributed by atoms with Gasteiger partial charge in [0.25, 0.3) is 0 Å². The minimum absolute atomic E-state index is 0.109. The lowest BCUT2D eigenvalue weighted by atomic mass is 10.0. The van der Waals surface area contributed by atoms with Gasteiger partial charge in [-0.15, -0.1) is 0 Å². The van der Waals surface area contributed by atoms with E-state index in [4.69, 9.17) is 5.11 Å². The van der Waals surface area contributed by atoms with Gasteiger partial charge in [-0.1, -0.05) is 0 Å². The number of ether oxygens (including phenoxy) is 1. The Kier molecular flexibility index (Phi) is 3.14. The lowest BCUT2D eigenvalue weighted by Crippen LogP contribution is -2.23. The minimum Gasteiger partial charge on any atom is -0.478 e. The van der Waals surface area contributed by atoms with Crippen LogP contribution in [0, 0.1) is 0 Å². The highest BCUT2D eigenvalue weighted by Gasteiger charge is 2.24. The summed E-state index contributed by atoms with van der Waals surface area (Å²) in [5.74, 6) is -1.50. The van der Waals surface area contributed by atoms with Crippen molar-refractivity contribution in [2.45, 2.75) is 13.3 Å². The first-order valence-electron chi connectivity index (χ1n) is 4.42. The summed E-state index contributed by atoms with van der Waals surface area (Å²) in [5.41, 5.74) is 1.29. The maximum atomic E-state index is 11.4. The molecular weight excluding hydrogens is 198 g/mol. The van der Waals surface area contributed by atoms with E-state index in [2.05, 4.69) is 4.74 Å². The fourth-order valence-electron chi connectivity index (χ4n) is 1.38. The molecule has 0 unspecified atom stereocenters. The normalized spacial score (nSPS) is 16.2. The first kappa shape index (κ1) is 11.3. The summed E-state index contributed by atoms with van der Waals surface area (Å²) >= 11 is 0. The molecule has 0 spiro atoms. The molecule has 5 nitrogen and oxygen atoms in total. The number of nitrogens with zero attached hydrogens (tertiary/aromatic N) is 1. The van der Waals surface area contributed by atoms with Crippen LogP contribution in [0.25, 0.3) is 0 Å². The first-order chi connectivity index (χ1) is 6.97. The van der Waals surface area contributed by atoms with Crippen molar-refractivity contribution in [3.05, 3.63) is 23.0 Å². The molecule has 1 heterocycles. The van der Waals surface area contributed by atoms with Gasteiger partial charge in [-0.25, -0.2) is 9.59 Å². The number of aliphatic carboxylic acids is 1. The third kappa shape index (κ3) is 2.18. The summed E-state index contributed by atoms with van der Waals surface area (Å²) in [5, 5.41) is 8.84. The molecule has 1 aliphatic heterocycles. The van der Waals surface area contributed by atoms with E-state index in [1.807, 2.05) is 0 Å². The van der Waals surface area contributed by atoms with Gasteiger partial charge in [0.15, 0.2) is 0 Å². The zero-order valence-corrected chi connectivity index (χ0v) is 8.90. The van der Waals surface area contributed by atoms with Gasteiger partial charge in [-0.2, -0.15) is 0 Å². The number of carbonyl (C=O) groups is 2. The van der Waals surface area contributed by atoms with Crippen LogP contribution in [0.1, 0.15) is 13.3 Å². The molecule has 0 aromatic rings. The summed E-state index contributed by atoms with van der Waals surface area (Å²) in [6.07, 6.45) is 1.61. The summed E-state index contributed by atoms with van der Waals surface area (Å²) < 4.78 is 4.59. The third-order valence-electron chi connectivity index (χ3n) is 2.39. The van der Waals surface area contributed by atoms with Gasteiger partial charge in [-0.05, 0) is 6.92 Å². The van der Waals surface area contributed by atoms with Crippen LogP contribution >= 0.6 is 0 Å². The molecule has 0 atom stereocenters. The Morgan fingerprint density at radius 2 is 2.13 bits per heavy atom. The van der Waals surface area contributed by atoms with Crippen LogP contribution in [0.4, 0.5) is 0 Å². The molecule has 0 fully saturated rings. The number of allylic oxidation sites excluding steroid dienone is 1. The molecule has 0 aromatic carbocycles. The van der Waals surface area contributed by atoms with Gasteiger partial charge in [0.05, 0.1) is 18.3 Å². The van der Waals surface area contributed by atoms with E-state index in [0.29, 0.717) is 11.3 Å². The fourth-order valence-corrected chi connectivity index (χ4v) is 1.38. The van der Waals surface area contributed by atoms with Crippen LogP contribution < -0.4 is 0 Å². The average molecular weight is 211 g/mol. The Bertz CT molecular complexity index is 368. The highest BCUT2D eigenvalue weighted by molar-refractivity contribution is 5.95. The van der Waals surface area contributed by atoms with Crippen LogP contribution in [-0.2, 0) is 14.3 Å². The van der Waals surface area contributed by atoms with E-state index < -0.39 is 11.9 Å². The Labute approximate surface area is 87.6 Å². The second-order valence-corrected chi connectivity index (χ2v) is 3.30. The number of carboxylic acids is 1. The van der Waals surface area contributed by atoms with Crippen molar-refractivity contribution in [1.82, 2.24) is 4.90 Å². The minimum atomic E-state index is -1.02. The largest absolute Gasteiger partial charge is 0.478 e. The molecule has 1 rings (SSSR count). The third-order valence-corrected chi connectivity index (χ3v) is 2.39. The first-order valence-corrected chi connectivity index (χ1v) is 4.42. The van der Waals surface area contributed by atoms with Crippen molar-refractivity contribution in [3.63, 3.8) is 0 Å². The summed E-state index contributed by atoms with van der Waals surface area (Å²) in [7, 11) is 2.97. The van der Waals surface area contributed by atoms with E-state index in [-0.39, 0.29) is 12.0 Å². The zero-order valence-electron chi connectivity index (χ0n) is 8.90. The Balaban J connectivity index is 3.02. The lowest BCUT2D eigenvalue weighted by Gasteiger charge is -2.24. The van der Waals surface area contributed by atoms with Crippen molar-refractivity contribution in [3.8, 4) is 0 Å².